The molecule has 0 spiro atoms. The van der Waals surface area contributed by atoms with Crippen LogP contribution in [-0.4, -0.2) is 16.1 Å². The van der Waals surface area contributed by atoms with Gasteiger partial charge in [0.1, 0.15) is 11.9 Å². The summed E-state index contributed by atoms with van der Waals surface area (Å²) in [6.07, 6.45) is 1.60. The molecule has 2 rings (SSSR count). The van der Waals surface area contributed by atoms with Crippen LogP contribution in [0.15, 0.2) is 48.7 Å². The molecule has 4 heteroatoms. The number of hydrogen-bond donors (Lipinski definition) is 1. The Kier molecular flexibility index (Phi) is 4.13. The summed E-state index contributed by atoms with van der Waals surface area (Å²) in [6.45, 7) is 1.92. The summed E-state index contributed by atoms with van der Waals surface area (Å²) in [5.74, 6) is -0.136. The molecule has 0 aliphatic carbocycles. The van der Waals surface area contributed by atoms with Gasteiger partial charge in [-0.25, -0.2) is 0 Å². The van der Waals surface area contributed by atoms with Gasteiger partial charge in [-0.1, -0.05) is 18.2 Å². The number of benzene rings is 1. The molecule has 0 amide bonds. The van der Waals surface area contributed by atoms with Crippen molar-refractivity contribution in [2.24, 2.45) is 0 Å². The zero-order valence-corrected chi connectivity index (χ0v) is 10.6. The van der Waals surface area contributed by atoms with E-state index in [-0.39, 0.29) is 12.5 Å². The van der Waals surface area contributed by atoms with Crippen LogP contribution in [0.2, 0.25) is 0 Å². The largest absolute Gasteiger partial charge is 0.484 e. The van der Waals surface area contributed by atoms with Gasteiger partial charge in [-0.2, -0.15) is 0 Å². The Morgan fingerprint density at radius 3 is 2.58 bits per heavy atom. The average molecular weight is 257 g/mol. The minimum atomic E-state index is -0.837. The van der Waals surface area contributed by atoms with E-state index in [1.54, 1.807) is 30.5 Å². The SMILES string of the molecule is CC(Oc1ccc(CC(=O)O)cc1)c1ccccn1. The predicted molar refractivity (Wildman–Crippen MR) is 71.1 cm³/mol. The van der Waals surface area contributed by atoms with Gasteiger partial charge in [-0.05, 0) is 36.8 Å². The van der Waals surface area contributed by atoms with E-state index in [0.717, 1.165) is 11.3 Å². The van der Waals surface area contributed by atoms with E-state index < -0.39 is 5.97 Å². The van der Waals surface area contributed by atoms with Gasteiger partial charge in [0.05, 0.1) is 12.1 Å². The average Bonchev–Trinajstić information content (AvgIpc) is 2.41. The van der Waals surface area contributed by atoms with Gasteiger partial charge in [-0.3, -0.25) is 9.78 Å². The maximum absolute atomic E-state index is 10.6. The van der Waals surface area contributed by atoms with E-state index >= 15 is 0 Å². The summed E-state index contributed by atoms with van der Waals surface area (Å²) in [5, 5.41) is 8.69. The number of carboxylic acids is 1. The van der Waals surface area contributed by atoms with E-state index in [1.165, 1.54) is 0 Å². The van der Waals surface area contributed by atoms with Crippen LogP contribution in [0.1, 0.15) is 24.3 Å². The van der Waals surface area contributed by atoms with Crippen LogP contribution in [0, 0.1) is 0 Å². The Hall–Kier alpha value is -2.36. The van der Waals surface area contributed by atoms with E-state index in [4.69, 9.17) is 9.84 Å². The van der Waals surface area contributed by atoms with Crippen LogP contribution in [0.4, 0.5) is 0 Å². The van der Waals surface area contributed by atoms with Gasteiger partial charge >= 0.3 is 5.97 Å². The van der Waals surface area contributed by atoms with E-state index in [2.05, 4.69) is 4.98 Å². The lowest BCUT2D eigenvalue weighted by Crippen LogP contribution is -2.05. The van der Waals surface area contributed by atoms with Crippen LogP contribution in [0.5, 0.6) is 5.75 Å². The Balaban J connectivity index is 2.01. The van der Waals surface area contributed by atoms with Crippen molar-refractivity contribution in [3.05, 3.63) is 59.9 Å². The fourth-order valence-electron chi connectivity index (χ4n) is 1.74. The van der Waals surface area contributed by atoms with Crippen molar-refractivity contribution in [2.75, 3.05) is 0 Å². The Bertz CT molecular complexity index is 537. The van der Waals surface area contributed by atoms with Gasteiger partial charge in [0.15, 0.2) is 0 Å². The van der Waals surface area contributed by atoms with E-state index in [9.17, 15) is 4.79 Å². The highest BCUT2D eigenvalue weighted by Gasteiger charge is 2.08. The second-order valence-corrected chi connectivity index (χ2v) is 4.23. The maximum Gasteiger partial charge on any atom is 0.307 e. The van der Waals surface area contributed by atoms with Gasteiger partial charge < -0.3 is 9.84 Å². The number of pyridine rings is 1. The highest BCUT2D eigenvalue weighted by molar-refractivity contribution is 5.70. The maximum atomic E-state index is 10.6. The molecular weight excluding hydrogens is 242 g/mol. The van der Waals surface area contributed by atoms with Crippen molar-refractivity contribution in [2.45, 2.75) is 19.4 Å². The molecule has 0 fully saturated rings. The summed E-state index contributed by atoms with van der Waals surface area (Å²) >= 11 is 0. The molecule has 98 valence electrons. The monoisotopic (exact) mass is 257 g/mol. The van der Waals surface area contributed by atoms with Crippen LogP contribution >= 0.6 is 0 Å². The second kappa shape index (κ2) is 6.00. The van der Waals surface area contributed by atoms with Crippen molar-refractivity contribution >= 4 is 5.97 Å². The van der Waals surface area contributed by atoms with Gasteiger partial charge in [0, 0.05) is 6.20 Å². The molecule has 0 bridgehead atoms. The smallest absolute Gasteiger partial charge is 0.307 e. The lowest BCUT2D eigenvalue weighted by atomic mass is 10.1. The fraction of sp³-hybridized carbons (Fsp3) is 0.200. The molecule has 2 aromatic rings. The van der Waals surface area contributed by atoms with Crippen LogP contribution in [-0.2, 0) is 11.2 Å². The number of ether oxygens (including phenoxy) is 1. The van der Waals surface area contributed by atoms with Crippen molar-refractivity contribution in [1.82, 2.24) is 4.98 Å². The summed E-state index contributed by atoms with van der Waals surface area (Å²) in [5.41, 5.74) is 1.61. The third-order valence-corrected chi connectivity index (χ3v) is 2.70. The van der Waals surface area contributed by atoms with Crippen molar-refractivity contribution in [3.63, 3.8) is 0 Å². The first kappa shape index (κ1) is 13.1. The Labute approximate surface area is 111 Å². The van der Waals surface area contributed by atoms with E-state index in [1.807, 2.05) is 25.1 Å². The summed E-state index contributed by atoms with van der Waals surface area (Å²) in [4.78, 5) is 14.8. The molecule has 1 aromatic heterocycles. The van der Waals surface area contributed by atoms with Crippen molar-refractivity contribution in [1.29, 1.82) is 0 Å². The first-order chi connectivity index (χ1) is 9.15. The standard InChI is InChI=1S/C15H15NO3/c1-11(14-4-2-3-9-16-14)19-13-7-5-12(6-8-13)10-15(17)18/h2-9,11H,10H2,1H3,(H,17,18). The number of hydrogen-bond acceptors (Lipinski definition) is 3. The van der Waals surface area contributed by atoms with E-state index in [0.29, 0.717) is 5.75 Å². The van der Waals surface area contributed by atoms with Gasteiger partial charge in [0.2, 0.25) is 0 Å². The Morgan fingerprint density at radius 2 is 2.00 bits per heavy atom. The zero-order chi connectivity index (χ0) is 13.7. The summed E-state index contributed by atoms with van der Waals surface area (Å²) in [6, 6.07) is 12.7. The summed E-state index contributed by atoms with van der Waals surface area (Å²) in [7, 11) is 0. The number of carboxylic acid groups (broad SMARTS) is 1. The quantitative estimate of drug-likeness (QED) is 0.894. The van der Waals surface area contributed by atoms with Crippen LogP contribution in [0.25, 0.3) is 0 Å². The van der Waals surface area contributed by atoms with Crippen LogP contribution in [0.3, 0.4) is 0 Å². The second-order valence-electron chi connectivity index (χ2n) is 4.23. The molecule has 0 aliphatic rings. The Morgan fingerprint density at radius 1 is 1.26 bits per heavy atom. The molecule has 1 heterocycles. The van der Waals surface area contributed by atoms with Crippen LogP contribution < -0.4 is 4.74 Å². The number of nitrogens with zero attached hydrogens (tertiary/aromatic N) is 1. The first-order valence-electron chi connectivity index (χ1n) is 6.03. The molecule has 1 unspecified atom stereocenters. The fourth-order valence-corrected chi connectivity index (χ4v) is 1.74. The predicted octanol–water partition coefficient (Wildman–Crippen LogP) is 2.85. The van der Waals surface area contributed by atoms with Gasteiger partial charge in [0.25, 0.3) is 0 Å². The first-order valence-corrected chi connectivity index (χ1v) is 6.03. The molecule has 4 nitrogen and oxygen atoms in total. The number of rotatable bonds is 5. The molecule has 0 aliphatic heterocycles. The molecular formula is C15H15NO3. The minimum Gasteiger partial charge on any atom is -0.484 e. The zero-order valence-electron chi connectivity index (χ0n) is 10.6. The molecule has 1 N–H and O–H groups in total. The third-order valence-electron chi connectivity index (χ3n) is 2.70. The highest BCUT2D eigenvalue weighted by atomic mass is 16.5. The number of carbonyl (C=O) groups is 1. The third kappa shape index (κ3) is 3.81. The lowest BCUT2D eigenvalue weighted by Gasteiger charge is -2.14. The normalized spacial score (nSPS) is 11.8. The number of aliphatic carboxylic acids is 1. The molecule has 19 heavy (non-hydrogen) atoms. The minimum absolute atomic E-state index is 0.0239. The van der Waals surface area contributed by atoms with Crippen molar-refractivity contribution in [3.8, 4) is 5.75 Å². The molecule has 0 radical (unpaired) electrons. The highest BCUT2D eigenvalue weighted by Crippen LogP contribution is 2.20. The molecule has 1 atom stereocenters. The molecule has 1 aromatic carbocycles. The topological polar surface area (TPSA) is 59.4 Å². The molecule has 0 saturated carbocycles. The molecule has 0 saturated heterocycles. The number of aromatic nitrogens is 1. The summed E-state index contributed by atoms with van der Waals surface area (Å²) < 4.78 is 5.75. The van der Waals surface area contributed by atoms with Gasteiger partial charge in [-0.15, -0.1) is 0 Å². The lowest BCUT2D eigenvalue weighted by molar-refractivity contribution is -0.136. The van der Waals surface area contributed by atoms with Crippen molar-refractivity contribution < 1.29 is 14.6 Å².